The molecular formula is C54H103NO5. The van der Waals surface area contributed by atoms with Crippen LogP contribution in [-0.4, -0.2) is 47.4 Å². The van der Waals surface area contributed by atoms with Crippen molar-refractivity contribution in [1.82, 2.24) is 5.32 Å². The molecule has 0 aliphatic heterocycles. The summed E-state index contributed by atoms with van der Waals surface area (Å²) in [6.45, 7) is 4.84. The molecule has 2 unspecified atom stereocenters. The molecule has 60 heavy (non-hydrogen) atoms. The van der Waals surface area contributed by atoms with Crippen LogP contribution in [-0.2, 0) is 14.3 Å². The van der Waals surface area contributed by atoms with E-state index in [-0.39, 0.29) is 18.5 Å². The molecule has 0 saturated heterocycles. The molecule has 0 aromatic heterocycles. The number of aliphatic hydroxyl groups is 2. The summed E-state index contributed by atoms with van der Waals surface area (Å²) < 4.78 is 5.45. The highest BCUT2D eigenvalue weighted by Crippen LogP contribution is 2.16. The third kappa shape index (κ3) is 45.9. The van der Waals surface area contributed by atoms with Crippen LogP contribution in [0.25, 0.3) is 0 Å². The zero-order valence-electron chi connectivity index (χ0n) is 40.2. The Morgan fingerprint density at radius 2 is 0.783 bits per heavy atom. The van der Waals surface area contributed by atoms with Gasteiger partial charge in [-0.2, -0.15) is 0 Å². The lowest BCUT2D eigenvalue weighted by Crippen LogP contribution is -2.45. The number of amides is 1. The Hall–Kier alpha value is -1.66. The quantitative estimate of drug-likeness (QED) is 0.0322. The Balaban J connectivity index is 3.53. The van der Waals surface area contributed by atoms with Gasteiger partial charge in [0.05, 0.1) is 25.4 Å². The number of unbranched alkanes of at least 4 members (excludes halogenated alkanes) is 36. The number of ether oxygens (including phenoxy) is 1. The molecule has 0 bridgehead atoms. The normalized spacial score (nSPS) is 12.8. The van der Waals surface area contributed by atoms with Gasteiger partial charge in [0.2, 0.25) is 5.91 Å². The number of aliphatic hydroxyl groups excluding tert-OH is 2. The summed E-state index contributed by atoms with van der Waals surface area (Å²) in [7, 11) is 0. The Kier molecular flexibility index (Phi) is 48.6. The average molecular weight is 846 g/mol. The molecule has 0 aromatic rings. The van der Waals surface area contributed by atoms with Gasteiger partial charge >= 0.3 is 5.97 Å². The Morgan fingerprint density at radius 1 is 0.450 bits per heavy atom. The van der Waals surface area contributed by atoms with Crippen molar-refractivity contribution < 1.29 is 24.5 Å². The first-order chi connectivity index (χ1) is 29.5. The summed E-state index contributed by atoms with van der Waals surface area (Å²) in [5, 5.41) is 23.1. The van der Waals surface area contributed by atoms with Crippen molar-refractivity contribution in [1.29, 1.82) is 0 Å². The van der Waals surface area contributed by atoms with Gasteiger partial charge in [-0.25, -0.2) is 0 Å². The predicted molar refractivity (Wildman–Crippen MR) is 260 cm³/mol. The van der Waals surface area contributed by atoms with Crippen LogP contribution in [0.4, 0.5) is 0 Å². The first kappa shape index (κ1) is 58.3. The molecular weight excluding hydrogens is 743 g/mol. The van der Waals surface area contributed by atoms with Crippen LogP contribution in [0.5, 0.6) is 0 Å². The second-order valence-electron chi connectivity index (χ2n) is 18.2. The first-order valence-corrected chi connectivity index (χ1v) is 26.6. The number of carbonyl (C=O) groups is 2. The fourth-order valence-electron chi connectivity index (χ4n) is 8.10. The van der Waals surface area contributed by atoms with Gasteiger partial charge in [-0.05, 0) is 57.8 Å². The number of allylic oxidation sites excluding steroid dienone is 3. The summed E-state index contributed by atoms with van der Waals surface area (Å²) in [5.41, 5.74) is 0. The minimum atomic E-state index is -0.862. The van der Waals surface area contributed by atoms with Crippen molar-refractivity contribution in [2.45, 2.75) is 296 Å². The second kappa shape index (κ2) is 50.0. The van der Waals surface area contributed by atoms with Crippen LogP contribution >= 0.6 is 0 Å². The maximum atomic E-state index is 12.4. The lowest BCUT2D eigenvalue weighted by Gasteiger charge is -2.20. The SMILES string of the molecule is CCCCCCCCC/C=C\CCCCCCCC(=O)OCCCCCCCCCCCC(=O)NC(CO)C(O)/C=C/CCCCCCCCCCCCCCCCCC. The Bertz CT molecular complexity index is 935. The molecule has 0 heterocycles. The first-order valence-electron chi connectivity index (χ1n) is 26.6. The number of nitrogens with one attached hydrogen (secondary N) is 1. The highest BCUT2D eigenvalue weighted by molar-refractivity contribution is 5.76. The molecule has 354 valence electrons. The number of carbonyl (C=O) groups excluding carboxylic acids is 2. The summed E-state index contributed by atoms with van der Waals surface area (Å²) in [6, 6.07) is -0.648. The molecule has 2 atom stereocenters. The van der Waals surface area contributed by atoms with E-state index in [1.54, 1.807) is 6.08 Å². The number of esters is 1. The van der Waals surface area contributed by atoms with Crippen LogP contribution in [0.1, 0.15) is 284 Å². The lowest BCUT2D eigenvalue weighted by atomic mass is 10.0. The molecule has 6 heteroatoms. The molecule has 0 fully saturated rings. The largest absolute Gasteiger partial charge is 0.466 e. The average Bonchev–Trinajstić information content (AvgIpc) is 3.25. The van der Waals surface area contributed by atoms with E-state index in [2.05, 4.69) is 31.3 Å². The van der Waals surface area contributed by atoms with Crippen LogP contribution in [0.15, 0.2) is 24.3 Å². The highest BCUT2D eigenvalue weighted by Gasteiger charge is 2.18. The van der Waals surface area contributed by atoms with Crippen molar-refractivity contribution in [3.05, 3.63) is 24.3 Å². The Morgan fingerprint density at radius 3 is 1.18 bits per heavy atom. The molecule has 6 nitrogen and oxygen atoms in total. The number of hydrogen-bond donors (Lipinski definition) is 3. The summed E-state index contributed by atoms with van der Waals surface area (Å²) in [6.07, 6.45) is 58.9. The van der Waals surface area contributed by atoms with Gasteiger partial charge in [0.25, 0.3) is 0 Å². The van der Waals surface area contributed by atoms with Gasteiger partial charge < -0.3 is 20.3 Å². The lowest BCUT2D eigenvalue weighted by molar-refractivity contribution is -0.143. The second-order valence-corrected chi connectivity index (χ2v) is 18.2. The monoisotopic (exact) mass is 846 g/mol. The van der Waals surface area contributed by atoms with Gasteiger partial charge in [-0.1, -0.05) is 237 Å². The topological polar surface area (TPSA) is 95.9 Å². The van der Waals surface area contributed by atoms with E-state index in [1.165, 1.54) is 199 Å². The minimum absolute atomic E-state index is 0.0345. The maximum absolute atomic E-state index is 12.4. The van der Waals surface area contributed by atoms with E-state index in [0.717, 1.165) is 57.8 Å². The molecule has 1 amide bonds. The smallest absolute Gasteiger partial charge is 0.305 e. The fourth-order valence-corrected chi connectivity index (χ4v) is 8.10. The van der Waals surface area contributed by atoms with Crippen LogP contribution in [0, 0.1) is 0 Å². The standard InChI is InChI=1S/C54H103NO5/c1-3-5-7-9-11-13-15-17-19-21-22-23-25-27-30-34-38-42-46-52(57)51(50-56)55-53(58)47-43-39-35-31-29-33-37-41-45-49-60-54(59)48-44-40-36-32-28-26-24-20-18-16-14-12-10-8-6-4-2/h20,24,42,46,51-52,56-57H,3-19,21-23,25-41,43-45,47-50H2,1-2H3,(H,55,58)/b24-20-,46-42+. The van der Waals surface area contributed by atoms with Crippen molar-refractivity contribution >= 4 is 11.9 Å². The molecule has 0 saturated carbocycles. The number of rotatable bonds is 49. The molecule has 0 rings (SSSR count). The molecule has 0 aliphatic rings. The minimum Gasteiger partial charge on any atom is -0.466 e. The van der Waals surface area contributed by atoms with E-state index in [1.807, 2.05) is 6.08 Å². The van der Waals surface area contributed by atoms with Gasteiger partial charge in [0, 0.05) is 12.8 Å². The number of hydrogen-bond acceptors (Lipinski definition) is 5. The molecule has 3 N–H and O–H groups in total. The van der Waals surface area contributed by atoms with E-state index >= 15 is 0 Å². The van der Waals surface area contributed by atoms with Gasteiger partial charge in [-0.3, -0.25) is 9.59 Å². The van der Waals surface area contributed by atoms with Crippen LogP contribution in [0.2, 0.25) is 0 Å². The summed E-state index contributed by atoms with van der Waals surface area (Å²) in [4.78, 5) is 24.5. The van der Waals surface area contributed by atoms with Crippen molar-refractivity contribution in [3.63, 3.8) is 0 Å². The van der Waals surface area contributed by atoms with E-state index in [0.29, 0.717) is 19.4 Å². The van der Waals surface area contributed by atoms with E-state index < -0.39 is 12.1 Å². The van der Waals surface area contributed by atoms with E-state index in [4.69, 9.17) is 4.74 Å². The highest BCUT2D eigenvalue weighted by atomic mass is 16.5. The van der Waals surface area contributed by atoms with Crippen molar-refractivity contribution in [2.24, 2.45) is 0 Å². The zero-order valence-corrected chi connectivity index (χ0v) is 40.2. The summed E-state index contributed by atoms with van der Waals surface area (Å²) >= 11 is 0. The van der Waals surface area contributed by atoms with Crippen molar-refractivity contribution in [2.75, 3.05) is 13.2 Å². The molecule has 0 radical (unpaired) electrons. The maximum Gasteiger partial charge on any atom is 0.305 e. The van der Waals surface area contributed by atoms with Crippen molar-refractivity contribution in [3.8, 4) is 0 Å². The summed E-state index contributed by atoms with van der Waals surface area (Å²) in [5.74, 6) is -0.129. The van der Waals surface area contributed by atoms with Crippen LogP contribution < -0.4 is 5.32 Å². The molecule has 0 aromatic carbocycles. The fraction of sp³-hybridized carbons (Fsp3) is 0.889. The van der Waals surface area contributed by atoms with E-state index in [9.17, 15) is 19.8 Å². The Labute approximate surface area is 373 Å². The third-order valence-corrected chi connectivity index (χ3v) is 12.2. The van der Waals surface area contributed by atoms with Gasteiger partial charge in [-0.15, -0.1) is 0 Å². The zero-order chi connectivity index (χ0) is 43.7. The molecule has 0 spiro atoms. The predicted octanol–water partition coefficient (Wildman–Crippen LogP) is 15.9. The van der Waals surface area contributed by atoms with Gasteiger partial charge in [0.1, 0.15) is 0 Å². The van der Waals surface area contributed by atoms with Gasteiger partial charge in [0.15, 0.2) is 0 Å². The van der Waals surface area contributed by atoms with Crippen LogP contribution in [0.3, 0.4) is 0 Å². The third-order valence-electron chi connectivity index (χ3n) is 12.2. The molecule has 0 aliphatic carbocycles.